The van der Waals surface area contributed by atoms with E-state index >= 15 is 0 Å². The van der Waals surface area contributed by atoms with Crippen LogP contribution in [-0.4, -0.2) is 39.5 Å². The lowest BCUT2D eigenvalue weighted by atomic mass is 10.00. The number of nitrogens with zero attached hydrogens (tertiary/aromatic N) is 2. The molecule has 0 bridgehead atoms. The minimum Gasteiger partial charge on any atom is -0.323 e. The smallest absolute Gasteiger partial charge is 0.262 e. The fourth-order valence-corrected chi connectivity index (χ4v) is 5.54. The van der Waals surface area contributed by atoms with Crippen LogP contribution >= 0.6 is 0 Å². The van der Waals surface area contributed by atoms with Crippen molar-refractivity contribution in [1.29, 1.82) is 0 Å². The van der Waals surface area contributed by atoms with Gasteiger partial charge in [-0.3, -0.25) is 24.1 Å². The normalized spacial score (nSPS) is 13.8. The van der Waals surface area contributed by atoms with E-state index in [0.29, 0.717) is 11.3 Å². The Kier molecular flexibility index (Phi) is 8.29. The van der Waals surface area contributed by atoms with E-state index in [9.17, 15) is 19.2 Å². The summed E-state index contributed by atoms with van der Waals surface area (Å²) in [5.41, 5.74) is 4.45. The molecule has 7 nitrogen and oxygen atoms in total. The molecule has 1 aliphatic heterocycles. The summed E-state index contributed by atoms with van der Waals surface area (Å²) in [6.45, 7) is 5.70. The second kappa shape index (κ2) is 12.2. The number of imide groups is 1. The van der Waals surface area contributed by atoms with Crippen molar-refractivity contribution < 1.29 is 19.2 Å². The fourth-order valence-electron chi connectivity index (χ4n) is 5.54. The largest absolute Gasteiger partial charge is 0.323 e. The summed E-state index contributed by atoms with van der Waals surface area (Å²) in [5, 5.41) is 3.08. The Morgan fingerprint density at radius 2 is 1.26 bits per heavy atom. The van der Waals surface area contributed by atoms with Gasteiger partial charge in [0, 0.05) is 12.2 Å². The zero-order valence-electron chi connectivity index (χ0n) is 23.9. The van der Waals surface area contributed by atoms with Crippen molar-refractivity contribution in [3.05, 3.63) is 137 Å². The average molecular weight is 560 g/mol. The van der Waals surface area contributed by atoms with Crippen LogP contribution in [-0.2, 0) is 16.1 Å². The van der Waals surface area contributed by atoms with Gasteiger partial charge in [0.05, 0.1) is 11.1 Å². The number of carbonyl (C=O) groups excluding carboxylic acids is 4. The number of rotatable bonds is 9. The monoisotopic (exact) mass is 559 g/mol. The zero-order chi connectivity index (χ0) is 29.8. The summed E-state index contributed by atoms with van der Waals surface area (Å²) < 4.78 is 0. The highest BCUT2D eigenvalue weighted by Gasteiger charge is 2.45. The van der Waals surface area contributed by atoms with Gasteiger partial charge < -0.3 is 10.2 Å². The molecule has 0 saturated heterocycles. The first-order valence-electron chi connectivity index (χ1n) is 14.0. The van der Waals surface area contributed by atoms with Crippen LogP contribution in [0.2, 0.25) is 0 Å². The van der Waals surface area contributed by atoms with Crippen LogP contribution < -0.4 is 5.32 Å². The summed E-state index contributed by atoms with van der Waals surface area (Å²) in [4.78, 5) is 58.3. The maximum Gasteiger partial charge on any atom is 0.262 e. The Morgan fingerprint density at radius 3 is 1.81 bits per heavy atom. The summed E-state index contributed by atoms with van der Waals surface area (Å²) in [5.74, 6) is -1.89. The van der Waals surface area contributed by atoms with Crippen LogP contribution in [0.1, 0.15) is 62.4 Å². The van der Waals surface area contributed by atoms with Gasteiger partial charge in [0.25, 0.3) is 17.7 Å². The lowest BCUT2D eigenvalue weighted by Gasteiger charge is -2.36. The molecular weight excluding hydrogens is 526 g/mol. The molecule has 4 amide bonds. The number of nitrogens with one attached hydrogen (secondary N) is 1. The molecule has 4 aromatic rings. The van der Waals surface area contributed by atoms with Crippen molar-refractivity contribution in [2.24, 2.45) is 0 Å². The third-order valence-corrected chi connectivity index (χ3v) is 7.69. The van der Waals surface area contributed by atoms with Crippen molar-refractivity contribution in [1.82, 2.24) is 9.80 Å². The van der Waals surface area contributed by atoms with Gasteiger partial charge in [0.2, 0.25) is 5.91 Å². The van der Waals surface area contributed by atoms with Gasteiger partial charge >= 0.3 is 0 Å². The van der Waals surface area contributed by atoms with Crippen molar-refractivity contribution in [2.75, 3.05) is 5.32 Å². The molecular formula is C35H33N3O4. The van der Waals surface area contributed by atoms with Crippen LogP contribution in [0.15, 0.2) is 103 Å². The average Bonchev–Trinajstić information content (AvgIpc) is 3.25. The van der Waals surface area contributed by atoms with Gasteiger partial charge in [-0.2, -0.15) is 0 Å². The molecule has 0 saturated carbocycles. The molecule has 0 radical (unpaired) electrons. The number of para-hydroxylation sites is 1. The highest BCUT2D eigenvalue weighted by Crippen LogP contribution is 2.31. The topological polar surface area (TPSA) is 86.8 Å². The molecule has 0 fully saturated rings. The first kappa shape index (κ1) is 28.5. The number of anilines is 1. The first-order chi connectivity index (χ1) is 20.3. The highest BCUT2D eigenvalue weighted by atomic mass is 16.2. The number of benzene rings is 4. The van der Waals surface area contributed by atoms with E-state index in [-0.39, 0.29) is 30.0 Å². The second-order valence-electron chi connectivity index (χ2n) is 10.5. The van der Waals surface area contributed by atoms with Gasteiger partial charge in [-0.05, 0) is 54.7 Å². The quantitative estimate of drug-likeness (QED) is 0.252. The molecule has 1 heterocycles. The Hall–Kier alpha value is -5.04. The number of hydrogen-bond acceptors (Lipinski definition) is 4. The van der Waals surface area contributed by atoms with Gasteiger partial charge in [0.15, 0.2) is 0 Å². The lowest BCUT2D eigenvalue weighted by molar-refractivity contribution is -0.143. The molecule has 1 N–H and O–H groups in total. The molecule has 212 valence electrons. The Morgan fingerprint density at radius 1 is 0.738 bits per heavy atom. The Balaban J connectivity index is 1.59. The number of aryl methyl sites for hydroxylation is 2. The summed E-state index contributed by atoms with van der Waals surface area (Å²) in [6, 6.07) is 28.7. The van der Waals surface area contributed by atoms with E-state index in [2.05, 4.69) is 5.32 Å². The minimum atomic E-state index is -1.10. The number of carbonyl (C=O) groups is 4. The van der Waals surface area contributed by atoms with Crippen LogP contribution in [0, 0.1) is 13.8 Å². The van der Waals surface area contributed by atoms with Gasteiger partial charge in [-0.25, -0.2) is 0 Å². The Labute approximate surface area is 245 Å². The molecule has 1 aliphatic rings. The fraction of sp³-hybridized carbons (Fsp3) is 0.200. The van der Waals surface area contributed by atoms with E-state index in [4.69, 9.17) is 0 Å². The van der Waals surface area contributed by atoms with E-state index < -0.39 is 29.8 Å². The highest BCUT2D eigenvalue weighted by molar-refractivity contribution is 6.23. The standard InChI is InChI=1S/C35H33N3O4/c1-4-29(38-33(40)27-20-11-12-21-28(27)34(38)41)35(42)37(22-25-16-7-5-8-17-25)31(26-18-9-6-10-19-26)32(39)36-30-23(2)14-13-15-24(30)3/h5-21,29,31H,4,22H2,1-3H3,(H,36,39)/t29-,31+/m1/s1. The molecule has 0 aromatic heterocycles. The lowest BCUT2D eigenvalue weighted by Crippen LogP contribution is -2.53. The van der Waals surface area contributed by atoms with Crippen LogP contribution in [0.5, 0.6) is 0 Å². The van der Waals surface area contributed by atoms with Crippen LogP contribution in [0.4, 0.5) is 5.69 Å². The maximum atomic E-state index is 14.6. The van der Waals surface area contributed by atoms with Gasteiger partial charge in [-0.15, -0.1) is 0 Å². The number of amides is 4. The number of hydrogen-bond donors (Lipinski definition) is 1. The van der Waals surface area contributed by atoms with E-state index in [1.807, 2.05) is 92.7 Å². The summed E-state index contributed by atoms with van der Waals surface area (Å²) >= 11 is 0. The molecule has 4 aromatic carbocycles. The van der Waals surface area contributed by atoms with Crippen molar-refractivity contribution in [3.8, 4) is 0 Å². The molecule has 42 heavy (non-hydrogen) atoms. The van der Waals surface area contributed by atoms with Crippen LogP contribution in [0.3, 0.4) is 0 Å². The van der Waals surface area contributed by atoms with Crippen molar-refractivity contribution in [2.45, 2.75) is 45.8 Å². The SMILES string of the molecule is CC[C@H](C(=O)N(Cc1ccccc1)[C@H](C(=O)Nc1c(C)cccc1C)c1ccccc1)N1C(=O)c2ccccc2C1=O. The Bertz CT molecular complexity index is 1580. The second-order valence-corrected chi connectivity index (χ2v) is 10.5. The van der Waals surface area contributed by atoms with E-state index in [1.54, 1.807) is 31.2 Å². The third-order valence-electron chi connectivity index (χ3n) is 7.69. The molecule has 0 spiro atoms. The maximum absolute atomic E-state index is 14.6. The predicted molar refractivity (Wildman–Crippen MR) is 162 cm³/mol. The molecule has 5 rings (SSSR count). The summed E-state index contributed by atoms with van der Waals surface area (Å²) in [6.07, 6.45) is 0.190. The predicted octanol–water partition coefficient (Wildman–Crippen LogP) is 6.09. The summed E-state index contributed by atoms with van der Waals surface area (Å²) in [7, 11) is 0. The van der Waals surface area contributed by atoms with Gasteiger partial charge in [-0.1, -0.05) is 97.9 Å². The molecule has 0 aliphatic carbocycles. The van der Waals surface area contributed by atoms with Gasteiger partial charge in [0.1, 0.15) is 12.1 Å². The van der Waals surface area contributed by atoms with Crippen LogP contribution in [0.25, 0.3) is 0 Å². The minimum absolute atomic E-state index is 0.0963. The van der Waals surface area contributed by atoms with E-state index in [0.717, 1.165) is 21.6 Å². The number of fused-ring (bicyclic) bond motifs is 1. The van der Waals surface area contributed by atoms with Crippen molar-refractivity contribution in [3.63, 3.8) is 0 Å². The van der Waals surface area contributed by atoms with Crippen molar-refractivity contribution >= 4 is 29.3 Å². The first-order valence-corrected chi connectivity index (χ1v) is 14.0. The van der Waals surface area contributed by atoms with E-state index in [1.165, 1.54) is 4.90 Å². The third kappa shape index (κ3) is 5.46. The molecule has 2 atom stereocenters. The molecule has 0 unspecified atom stereocenters. The zero-order valence-corrected chi connectivity index (χ0v) is 23.9. The molecule has 7 heteroatoms.